The number of azo groups is 1. The number of amides is 5. The number of unbranched alkanes of at least 4 members (excludes halogenated alkanes) is 1. The normalized spacial score (nSPS) is 19.8. The summed E-state index contributed by atoms with van der Waals surface area (Å²) in [5, 5.41) is 31.3. The van der Waals surface area contributed by atoms with Crippen molar-refractivity contribution in [2.45, 2.75) is 109 Å². The van der Waals surface area contributed by atoms with Gasteiger partial charge in [0, 0.05) is 74.1 Å². The van der Waals surface area contributed by atoms with Gasteiger partial charge in [-0.2, -0.15) is 5.11 Å². The lowest BCUT2D eigenvalue weighted by Crippen LogP contribution is -2.56. The maximum Gasteiger partial charge on any atom is 0.308 e. The third-order valence-corrected chi connectivity index (χ3v) is 13.5. The van der Waals surface area contributed by atoms with Crippen LogP contribution in [0.25, 0.3) is 10.9 Å². The molecule has 4 aromatic carbocycles. The number of nitrogens with zero attached hydrogens (tertiary/aromatic N) is 3. The second-order valence-corrected chi connectivity index (χ2v) is 19.3. The highest BCUT2D eigenvalue weighted by molar-refractivity contribution is 5.96. The summed E-state index contributed by atoms with van der Waals surface area (Å²) in [6.07, 6.45) is 5.49. The molecule has 5 atom stereocenters. The minimum absolute atomic E-state index is 0.00497. The van der Waals surface area contributed by atoms with Crippen LogP contribution in [0.4, 0.5) is 17.1 Å². The van der Waals surface area contributed by atoms with E-state index in [1.54, 1.807) is 62.5 Å². The molecular weight excluding hydrogens is 1000 g/mol. The summed E-state index contributed by atoms with van der Waals surface area (Å²) in [6, 6.07) is 18.8. The number of carbonyl (C=O) groups is 6. The van der Waals surface area contributed by atoms with E-state index >= 15 is 0 Å². The van der Waals surface area contributed by atoms with Gasteiger partial charge in [0.05, 0.1) is 58.4 Å². The zero-order chi connectivity index (χ0) is 56.3. The topological polar surface area (TPSA) is 261 Å². The van der Waals surface area contributed by atoms with Crippen LogP contribution in [0.2, 0.25) is 0 Å². The second-order valence-electron chi connectivity index (χ2n) is 19.3. The molecule has 5 aromatic rings. The zero-order valence-corrected chi connectivity index (χ0v) is 45.6. The van der Waals surface area contributed by atoms with E-state index in [0.29, 0.717) is 77.7 Å². The number of aromatic nitrogens is 1. The number of hydrogen-bond donors (Lipinski definition) is 6. The van der Waals surface area contributed by atoms with Crippen molar-refractivity contribution >= 4 is 63.5 Å². The van der Waals surface area contributed by atoms with Gasteiger partial charge in [-0.25, -0.2) is 0 Å². The standard InChI is InChI=1S/C58H72N8O12/c1-35-14-13-15-37(3)78-54(70)33-47(38-19-21-41(67)22-20-38)63-57(72)49(29-39-34-60-44-17-10-9-16-43(39)44)66(4)58(73)46(62-56(71)36(2)28-35)18-11-12-27-59-52(68)25-26-53(69)61-48-32-42(74-5)23-24-45(48)65-64-40-30-50(75-6)55(77-8)51(31-40)76-7/h9-10,14,16-17,19-24,30-32,34,36-37,46-47,49,60,67H,11-13,15,18,25-29,33H2,1-8H3,(H,59,68)(H,61,69)(H,62,71)(H,63,72)/b35-14-,65-64?/t36-,37-,46-,47+,49+/m0/s1. The molecule has 0 fully saturated rings. The number of phenols is 1. The summed E-state index contributed by atoms with van der Waals surface area (Å²) in [6.45, 7) is 5.75. The van der Waals surface area contributed by atoms with Crippen molar-refractivity contribution in [3.05, 3.63) is 108 Å². The number of aromatic hydroxyl groups is 1. The maximum absolute atomic E-state index is 14.9. The predicted octanol–water partition coefficient (Wildman–Crippen LogP) is 8.83. The van der Waals surface area contributed by atoms with E-state index in [-0.39, 0.29) is 56.2 Å². The zero-order valence-electron chi connectivity index (χ0n) is 45.6. The summed E-state index contributed by atoms with van der Waals surface area (Å²) < 4.78 is 27.4. The Labute approximate surface area is 454 Å². The first-order valence-electron chi connectivity index (χ1n) is 26.0. The molecule has 20 heteroatoms. The number of ether oxygens (including phenoxy) is 5. The summed E-state index contributed by atoms with van der Waals surface area (Å²) in [5.74, 6) is -1.64. The summed E-state index contributed by atoms with van der Waals surface area (Å²) in [4.78, 5) is 88.0. The average Bonchev–Trinajstić information content (AvgIpc) is 3.84. The Balaban J connectivity index is 1.14. The van der Waals surface area contributed by atoms with Crippen molar-refractivity contribution in [3.63, 3.8) is 0 Å². The van der Waals surface area contributed by atoms with Gasteiger partial charge in [-0.05, 0) is 93.8 Å². The number of allylic oxidation sites excluding steroid dienone is 2. The number of fused-ring (bicyclic) bond motifs is 1. The summed E-state index contributed by atoms with van der Waals surface area (Å²) >= 11 is 0. The molecule has 1 aliphatic heterocycles. The highest BCUT2D eigenvalue weighted by atomic mass is 16.5. The maximum atomic E-state index is 14.9. The van der Waals surface area contributed by atoms with E-state index in [1.807, 2.05) is 37.3 Å². The lowest BCUT2D eigenvalue weighted by molar-refractivity contribution is -0.149. The molecule has 0 unspecified atom stereocenters. The van der Waals surface area contributed by atoms with Gasteiger partial charge in [0.15, 0.2) is 11.5 Å². The number of anilines is 1. The Morgan fingerprint density at radius 3 is 2.24 bits per heavy atom. The molecule has 2 heterocycles. The highest BCUT2D eigenvalue weighted by Crippen LogP contribution is 2.42. The van der Waals surface area contributed by atoms with Crippen molar-refractivity contribution in [1.29, 1.82) is 0 Å². The lowest BCUT2D eigenvalue weighted by atomic mass is 9.98. The number of nitrogens with one attached hydrogen (secondary N) is 5. The fraction of sp³-hybridized carbons (Fsp3) is 0.414. The number of methoxy groups -OCH3 is 4. The van der Waals surface area contributed by atoms with Crippen LogP contribution in [-0.4, -0.2) is 111 Å². The van der Waals surface area contributed by atoms with Crippen LogP contribution in [0, 0.1) is 5.92 Å². The lowest BCUT2D eigenvalue weighted by Gasteiger charge is -2.32. The smallest absolute Gasteiger partial charge is 0.308 e. The van der Waals surface area contributed by atoms with E-state index in [0.717, 1.165) is 22.0 Å². The molecule has 0 bridgehead atoms. The molecule has 0 saturated carbocycles. The Bertz CT molecular complexity index is 2930. The summed E-state index contributed by atoms with van der Waals surface area (Å²) in [7, 11) is 7.48. The number of aromatic amines is 1. The van der Waals surface area contributed by atoms with Crippen LogP contribution in [0.1, 0.15) is 95.7 Å². The quantitative estimate of drug-likeness (QED) is 0.0208. The minimum Gasteiger partial charge on any atom is -0.508 e. The molecule has 5 amide bonds. The van der Waals surface area contributed by atoms with Crippen LogP contribution in [0.15, 0.2) is 107 Å². The van der Waals surface area contributed by atoms with E-state index in [2.05, 4.69) is 36.5 Å². The van der Waals surface area contributed by atoms with Gasteiger partial charge >= 0.3 is 5.97 Å². The SMILES string of the molecule is COc1ccc(N=Nc2cc(OC)c(OC)c(OC)c2)c(NC(=O)CCC(=O)NCCCC[C@@H]2NC(=O)[C@@H](C)C/C(C)=C\CC[C@H](C)OC(=O)C[C@H](c3ccc(O)cc3)NC(=O)[C@@H](Cc3c[nH]c4ccccc34)N(C)C2=O)c1. The Hall–Kier alpha value is -8.42. The van der Waals surface area contributed by atoms with Gasteiger partial charge < -0.3 is 59.9 Å². The summed E-state index contributed by atoms with van der Waals surface area (Å²) in [5.41, 5.74) is 4.13. The van der Waals surface area contributed by atoms with Gasteiger partial charge in [0.25, 0.3) is 0 Å². The van der Waals surface area contributed by atoms with E-state index in [4.69, 9.17) is 23.7 Å². The van der Waals surface area contributed by atoms with Crippen LogP contribution in [0.3, 0.4) is 0 Å². The molecule has 0 spiro atoms. The Morgan fingerprint density at radius 1 is 0.821 bits per heavy atom. The number of hydrogen-bond acceptors (Lipinski definition) is 14. The Kier molecular flexibility index (Phi) is 21.6. The number of phenolic OH excluding ortho intramolecular Hbond substituents is 1. The first kappa shape index (κ1) is 58.8. The number of cyclic esters (lactones) is 1. The van der Waals surface area contributed by atoms with Gasteiger partial charge in [-0.15, -0.1) is 5.11 Å². The number of H-pyrrole nitrogens is 1. The largest absolute Gasteiger partial charge is 0.508 e. The van der Waals surface area contributed by atoms with Gasteiger partial charge in [-0.3, -0.25) is 28.8 Å². The minimum atomic E-state index is -1.12. The molecule has 20 nitrogen and oxygen atoms in total. The number of likely N-dealkylation sites (N-methyl/N-ethyl adjacent to an activating group) is 1. The molecule has 416 valence electrons. The molecule has 0 saturated heterocycles. The average molecular weight is 1070 g/mol. The molecule has 1 aromatic heterocycles. The predicted molar refractivity (Wildman–Crippen MR) is 294 cm³/mol. The van der Waals surface area contributed by atoms with Gasteiger partial charge in [0.2, 0.25) is 35.3 Å². The second kappa shape index (κ2) is 28.6. The van der Waals surface area contributed by atoms with Gasteiger partial charge in [-0.1, -0.05) is 48.9 Å². The highest BCUT2D eigenvalue weighted by Gasteiger charge is 2.35. The van der Waals surface area contributed by atoms with Crippen molar-refractivity contribution < 1.29 is 57.6 Å². The van der Waals surface area contributed by atoms with E-state index in [1.165, 1.54) is 52.5 Å². The van der Waals surface area contributed by atoms with Crippen LogP contribution >= 0.6 is 0 Å². The molecule has 0 aliphatic carbocycles. The van der Waals surface area contributed by atoms with Crippen LogP contribution in [0.5, 0.6) is 28.7 Å². The first-order valence-corrected chi connectivity index (χ1v) is 26.0. The number of para-hydroxylation sites is 1. The fourth-order valence-electron chi connectivity index (χ4n) is 9.13. The first-order chi connectivity index (χ1) is 37.5. The van der Waals surface area contributed by atoms with E-state index in [9.17, 15) is 33.9 Å². The van der Waals surface area contributed by atoms with Gasteiger partial charge in [0.1, 0.15) is 29.3 Å². The monoisotopic (exact) mass is 1070 g/mol. The third-order valence-electron chi connectivity index (χ3n) is 13.5. The Morgan fingerprint density at radius 2 is 1.54 bits per heavy atom. The van der Waals surface area contributed by atoms with Crippen LogP contribution in [-0.2, 0) is 39.9 Å². The number of rotatable bonds is 18. The fourth-order valence-corrected chi connectivity index (χ4v) is 9.13. The molecular formula is C58H72N8O12. The molecule has 6 N–H and O–H groups in total. The number of esters is 1. The third kappa shape index (κ3) is 16.5. The van der Waals surface area contributed by atoms with Crippen molar-refractivity contribution in [2.24, 2.45) is 16.1 Å². The number of carbonyl (C=O) groups excluding carboxylic acids is 6. The molecule has 78 heavy (non-hydrogen) atoms. The van der Waals surface area contributed by atoms with Crippen molar-refractivity contribution in [2.75, 3.05) is 47.3 Å². The van der Waals surface area contributed by atoms with Crippen molar-refractivity contribution in [3.8, 4) is 28.7 Å². The molecule has 0 radical (unpaired) electrons. The molecule has 1 aliphatic rings. The molecule has 6 rings (SSSR count). The number of benzene rings is 4. The van der Waals surface area contributed by atoms with Crippen molar-refractivity contribution in [1.82, 2.24) is 25.8 Å². The van der Waals surface area contributed by atoms with Crippen LogP contribution < -0.4 is 40.2 Å². The van der Waals surface area contributed by atoms with E-state index < -0.39 is 53.8 Å².